The summed E-state index contributed by atoms with van der Waals surface area (Å²) >= 11 is 0. The number of phenols is 1. The first kappa shape index (κ1) is 20.3. The zero-order valence-electron chi connectivity index (χ0n) is 18.0. The van der Waals surface area contributed by atoms with Gasteiger partial charge in [-0.15, -0.1) is 0 Å². The SMILES string of the molecule is CCOC(=O)c1nnc(N2CC3(CCC(N4CCC(c5ccccc5O)CC4)C3)C2)o1. The van der Waals surface area contributed by atoms with Crippen molar-refractivity contribution in [2.24, 2.45) is 5.41 Å². The Labute approximate surface area is 182 Å². The van der Waals surface area contributed by atoms with Crippen molar-refractivity contribution in [3.8, 4) is 5.75 Å². The Hall–Kier alpha value is -2.61. The van der Waals surface area contributed by atoms with Crippen LogP contribution in [0.1, 0.15) is 61.2 Å². The first-order chi connectivity index (χ1) is 15.1. The van der Waals surface area contributed by atoms with Gasteiger partial charge in [-0.1, -0.05) is 28.4 Å². The highest BCUT2D eigenvalue weighted by molar-refractivity contribution is 5.84. The molecule has 0 bridgehead atoms. The summed E-state index contributed by atoms with van der Waals surface area (Å²) in [5.74, 6) is 0.250. The van der Waals surface area contributed by atoms with Crippen LogP contribution in [0.15, 0.2) is 28.7 Å². The molecule has 166 valence electrons. The average molecular weight is 427 g/mol. The molecule has 8 nitrogen and oxygen atoms in total. The summed E-state index contributed by atoms with van der Waals surface area (Å²) < 4.78 is 10.4. The molecular weight excluding hydrogens is 396 g/mol. The molecule has 1 aromatic heterocycles. The fourth-order valence-corrected chi connectivity index (χ4v) is 5.70. The summed E-state index contributed by atoms with van der Waals surface area (Å²) in [7, 11) is 0. The third-order valence-electron chi connectivity index (χ3n) is 7.29. The van der Waals surface area contributed by atoms with Crippen molar-refractivity contribution in [1.29, 1.82) is 0 Å². The molecule has 1 saturated carbocycles. The zero-order valence-corrected chi connectivity index (χ0v) is 18.0. The molecule has 1 spiro atoms. The number of para-hydroxylation sites is 1. The number of anilines is 1. The number of piperidine rings is 1. The van der Waals surface area contributed by atoms with Crippen molar-refractivity contribution in [1.82, 2.24) is 15.1 Å². The number of aromatic hydroxyl groups is 1. The van der Waals surface area contributed by atoms with E-state index in [0.29, 0.717) is 29.1 Å². The molecular formula is C23H30N4O4. The van der Waals surface area contributed by atoms with Crippen molar-refractivity contribution in [3.63, 3.8) is 0 Å². The van der Waals surface area contributed by atoms with Crippen molar-refractivity contribution in [3.05, 3.63) is 35.7 Å². The lowest BCUT2D eigenvalue weighted by Crippen LogP contribution is -2.56. The Morgan fingerprint density at radius 1 is 1.23 bits per heavy atom. The molecule has 3 aliphatic rings. The highest BCUT2D eigenvalue weighted by Gasteiger charge is 2.50. The van der Waals surface area contributed by atoms with E-state index >= 15 is 0 Å². The van der Waals surface area contributed by atoms with Crippen molar-refractivity contribution in [2.75, 3.05) is 37.7 Å². The molecule has 2 aromatic rings. The van der Waals surface area contributed by atoms with Crippen LogP contribution in [-0.2, 0) is 4.74 Å². The number of hydrogen-bond acceptors (Lipinski definition) is 8. The molecule has 1 N–H and O–H groups in total. The van der Waals surface area contributed by atoms with Gasteiger partial charge in [0, 0.05) is 24.5 Å². The Kier molecular flexibility index (Phi) is 5.33. The highest BCUT2D eigenvalue weighted by Crippen LogP contribution is 2.49. The fraction of sp³-hybridized carbons (Fsp3) is 0.609. The van der Waals surface area contributed by atoms with E-state index in [9.17, 15) is 9.90 Å². The van der Waals surface area contributed by atoms with Gasteiger partial charge < -0.3 is 24.1 Å². The number of likely N-dealkylation sites (tertiary alicyclic amines) is 1. The molecule has 5 rings (SSSR count). The topological polar surface area (TPSA) is 91.9 Å². The van der Waals surface area contributed by atoms with Gasteiger partial charge in [0.05, 0.1) is 6.61 Å². The summed E-state index contributed by atoms with van der Waals surface area (Å²) in [4.78, 5) is 16.5. The third kappa shape index (κ3) is 3.89. The van der Waals surface area contributed by atoms with Crippen LogP contribution in [0.4, 0.5) is 6.01 Å². The number of carbonyl (C=O) groups is 1. The number of rotatable bonds is 5. The van der Waals surface area contributed by atoms with Gasteiger partial charge in [-0.2, -0.15) is 0 Å². The van der Waals surface area contributed by atoms with E-state index in [4.69, 9.17) is 9.15 Å². The quantitative estimate of drug-likeness (QED) is 0.729. The van der Waals surface area contributed by atoms with E-state index in [1.807, 2.05) is 12.1 Å². The monoisotopic (exact) mass is 426 g/mol. The molecule has 0 amide bonds. The van der Waals surface area contributed by atoms with Crippen LogP contribution in [0, 0.1) is 5.41 Å². The molecule has 0 radical (unpaired) electrons. The summed E-state index contributed by atoms with van der Waals surface area (Å²) in [5.41, 5.74) is 1.42. The van der Waals surface area contributed by atoms with E-state index in [1.54, 1.807) is 13.0 Å². The minimum Gasteiger partial charge on any atom is -0.508 e. The van der Waals surface area contributed by atoms with Crippen molar-refractivity contribution >= 4 is 12.0 Å². The van der Waals surface area contributed by atoms with Crippen molar-refractivity contribution < 1.29 is 19.1 Å². The molecule has 31 heavy (non-hydrogen) atoms. The van der Waals surface area contributed by atoms with E-state index < -0.39 is 5.97 Å². The van der Waals surface area contributed by atoms with Gasteiger partial charge in [-0.25, -0.2) is 4.79 Å². The number of hydrogen-bond donors (Lipinski definition) is 1. The second-order valence-electron chi connectivity index (χ2n) is 9.23. The lowest BCUT2D eigenvalue weighted by atomic mass is 9.78. The summed E-state index contributed by atoms with van der Waals surface area (Å²) in [6.45, 7) is 6.03. The third-order valence-corrected chi connectivity index (χ3v) is 7.29. The first-order valence-corrected chi connectivity index (χ1v) is 11.3. The summed E-state index contributed by atoms with van der Waals surface area (Å²) in [6.07, 6.45) is 5.85. The number of benzene rings is 1. The van der Waals surface area contributed by atoms with E-state index in [2.05, 4.69) is 26.1 Å². The average Bonchev–Trinajstić information content (AvgIpc) is 3.41. The van der Waals surface area contributed by atoms with Gasteiger partial charge in [0.2, 0.25) is 0 Å². The van der Waals surface area contributed by atoms with Gasteiger partial charge in [0.1, 0.15) is 5.75 Å². The number of aromatic nitrogens is 2. The summed E-state index contributed by atoms with van der Waals surface area (Å²) in [6, 6.07) is 8.81. The Balaban J connectivity index is 1.13. The summed E-state index contributed by atoms with van der Waals surface area (Å²) in [5, 5.41) is 18.0. The molecule has 1 aliphatic carbocycles. The minimum atomic E-state index is -0.565. The van der Waals surface area contributed by atoms with Gasteiger partial charge >= 0.3 is 17.9 Å². The number of carbonyl (C=O) groups excluding carboxylic acids is 1. The zero-order chi connectivity index (χ0) is 21.4. The van der Waals surface area contributed by atoms with Gasteiger partial charge in [0.25, 0.3) is 0 Å². The van der Waals surface area contributed by atoms with Crippen LogP contribution in [-0.4, -0.2) is 65.0 Å². The lowest BCUT2D eigenvalue weighted by Gasteiger charge is -2.48. The van der Waals surface area contributed by atoms with Crippen LogP contribution in [0.3, 0.4) is 0 Å². The van der Waals surface area contributed by atoms with Crippen LogP contribution < -0.4 is 4.90 Å². The predicted octanol–water partition coefficient (Wildman–Crippen LogP) is 3.19. The maximum Gasteiger partial charge on any atom is 0.396 e. The minimum absolute atomic E-state index is 0.0746. The fourth-order valence-electron chi connectivity index (χ4n) is 5.70. The maximum atomic E-state index is 11.7. The van der Waals surface area contributed by atoms with Gasteiger partial charge in [-0.05, 0) is 69.7 Å². The predicted molar refractivity (Wildman–Crippen MR) is 114 cm³/mol. The van der Waals surface area contributed by atoms with Crippen molar-refractivity contribution in [2.45, 2.75) is 51.0 Å². The first-order valence-electron chi connectivity index (χ1n) is 11.3. The van der Waals surface area contributed by atoms with Gasteiger partial charge in [-0.3, -0.25) is 0 Å². The standard InChI is InChI=1S/C23H30N4O4/c1-2-30-21(29)20-24-25-22(31-20)27-14-23(15-27)10-7-17(13-23)26-11-8-16(9-12-26)18-5-3-4-6-19(18)28/h3-6,16-17,28H,2,7-15H2,1H3. The number of ether oxygens (including phenoxy) is 1. The van der Waals surface area contributed by atoms with Crippen LogP contribution in [0.2, 0.25) is 0 Å². The molecule has 3 heterocycles. The largest absolute Gasteiger partial charge is 0.508 e. The molecule has 2 aliphatic heterocycles. The van der Waals surface area contributed by atoms with Crippen LogP contribution in [0.25, 0.3) is 0 Å². The molecule has 1 atom stereocenters. The smallest absolute Gasteiger partial charge is 0.396 e. The van der Waals surface area contributed by atoms with E-state index in [0.717, 1.165) is 44.6 Å². The Morgan fingerprint density at radius 2 is 2.00 bits per heavy atom. The molecule has 8 heteroatoms. The highest BCUT2D eigenvalue weighted by atomic mass is 16.5. The number of nitrogens with zero attached hydrogens (tertiary/aromatic N) is 4. The molecule has 3 fully saturated rings. The van der Waals surface area contributed by atoms with Crippen LogP contribution in [0.5, 0.6) is 5.75 Å². The molecule has 1 unspecified atom stereocenters. The number of esters is 1. The maximum absolute atomic E-state index is 11.7. The Bertz CT molecular complexity index is 931. The molecule has 2 saturated heterocycles. The number of phenolic OH excluding ortho intramolecular Hbond substituents is 1. The molecule has 1 aromatic carbocycles. The lowest BCUT2D eigenvalue weighted by molar-refractivity contribution is 0.0480. The van der Waals surface area contributed by atoms with E-state index in [-0.39, 0.29) is 12.5 Å². The second kappa shape index (κ2) is 8.15. The normalized spacial score (nSPS) is 23.8. The van der Waals surface area contributed by atoms with Gasteiger partial charge in [0.15, 0.2) is 0 Å². The Morgan fingerprint density at radius 3 is 2.74 bits per heavy atom. The second-order valence-corrected chi connectivity index (χ2v) is 9.23. The van der Waals surface area contributed by atoms with E-state index in [1.165, 1.54) is 19.3 Å². The van der Waals surface area contributed by atoms with Crippen LogP contribution >= 0.6 is 0 Å².